The van der Waals surface area contributed by atoms with Crippen LogP contribution in [0.15, 0.2) is 64.5 Å². The van der Waals surface area contributed by atoms with Crippen LogP contribution in [0.1, 0.15) is 25.7 Å². The second kappa shape index (κ2) is 7.49. The number of H-pyrrole nitrogens is 1. The van der Waals surface area contributed by atoms with Gasteiger partial charge >= 0.3 is 0 Å². The average Bonchev–Trinajstić information content (AvgIpc) is 2.96. The van der Waals surface area contributed by atoms with Crippen LogP contribution in [-0.4, -0.2) is 21.5 Å². The topological polar surface area (TPSA) is 51.5 Å². The molecule has 1 aliphatic heterocycles. The van der Waals surface area contributed by atoms with Crippen LogP contribution >= 0.6 is 11.6 Å². The summed E-state index contributed by atoms with van der Waals surface area (Å²) in [6.07, 6.45) is 6.16. The molecule has 1 N–H and O–H groups in total. The Balaban J connectivity index is 1.94. The number of sulfone groups is 1. The Morgan fingerprint density at radius 2 is 1.56 bits per heavy atom. The van der Waals surface area contributed by atoms with E-state index in [1.54, 1.807) is 30.5 Å². The summed E-state index contributed by atoms with van der Waals surface area (Å²) < 4.78 is 26.9. The van der Waals surface area contributed by atoms with Gasteiger partial charge in [0.25, 0.3) is 0 Å². The number of pyridine rings is 1. The fourth-order valence-electron chi connectivity index (χ4n) is 3.73. The van der Waals surface area contributed by atoms with Crippen LogP contribution in [0.3, 0.4) is 0 Å². The van der Waals surface area contributed by atoms with Crippen molar-refractivity contribution in [2.45, 2.75) is 35.5 Å². The van der Waals surface area contributed by atoms with Crippen LogP contribution in [0.2, 0.25) is 5.02 Å². The first-order chi connectivity index (χ1) is 13.1. The molecule has 1 fully saturated rings. The van der Waals surface area contributed by atoms with Gasteiger partial charge in [0.15, 0.2) is 11.1 Å². The van der Waals surface area contributed by atoms with Crippen LogP contribution < -0.4 is 9.88 Å². The number of para-hydroxylation sites is 1. The van der Waals surface area contributed by atoms with Crippen molar-refractivity contribution in [1.29, 1.82) is 0 Å². The van der Waals surface area contributed by atoms with Crippen molar-refractivity contribution in [2.24, 2.45) is 0 Å². The highest BCUT2D eigenvalue weighted by Crippen LogP contribution is 2.36. The molecule has 0 aliphatic carbocycles. The van der Waals surface area contributed by atoms with Crippen molar-refractivity contribution in [2.75, 3.05) is 18.0 Å². The molecule has 1 aliphatic rings. The molecule has 0 amide bonds. The van der Waals surface area contributed by atoms with Gasteiger partial charge in [0.2, 0.25) is 15.4 Å². The SMILES string of the molecule is O=S(=O)(c1ccc(Cl)cc1)c1c[nH+]c2ccccc2c1N1CCCCCC1. The molecule has 0 radical (unpaired) electrons. The van der Waals surface area contributed by atoms with Gasteiger partial charge in [-0.25, -0.2) is 13.4 Å². The molecule has 0 spiro atoms. The zero-order chi connectivity index (χ0) is 18.9. The number of nitrogens with zero attached hydrogens (tertiary/aromatic N) is 1. The van der Waals surface area contributed by atoms with Crippen molar-refractivity contribution < 1.29 is 13.4 Å². The first-order valence-corrected chi connectivity index (χ1v) is 11.1. The molecule has 0 unspecified atom stereocenters. The molecule has 0 saturated carbocycles. The number of benzene rings is 2. The molecule has 4 nitrogen and oxygen atoms in total. The van der Waals surface area contributed by atoms with E-state index in [-0.39, 0.29) is 4.90 Å². The summed E-state index contributed by atoms with van der Waals surface area (Å²) in [5.74, 6) is 0. The number of nitrogens with one attached hydrogen (secondary N) is 1. The molecular formula is C21H22ClN2O2S+. The smallest absolute Gasteiger partial charge is 0.214 e. The summed E-state index contributed by atoms with van der Waals surface area (Å²) in [4.78, 5) is 5.99. The summed E-state index contributed by atoms with van der Waals surface area (Å²) >= 11 is 5.95. The highest BCUT2D eigenvalue weighted by Gasteiger charge is 2.29. The Morgan fingerprint density at radius 1 is 0.889 bits per heavy atom. The number of rotatable bonds is 3. The van der Waals surface area contributed by atoms with E-state index in [2.05, 4.69) is 9.88 Å². The van der Waals surface area contributed by atoms with Crippen molar-refractivity contribution in [1.82, 2.24) is 0 Å². The molecule has 6 heteroatoms. The largest absolute Gasteiger partial charge is 0.370 e. The summed E-state index contributed by atoms with van der Waals surface area (Å²) in [6.45, 7) is 1.74. The van der Waals surface area contributed by atoms with Crippen LogP contribution in [0, 0.1) is 0 Å². The molecule has 1 aromatic heterocycles. The maximum absolute atomic E-state index is 13.4. The number of halogens is 1. The zero-order valence-electron chi connectivity index (χ0n) is 15.0. The van der Waals surface area contributed by atoms with E-state index in [0.717, 1.165) is 42.5 Å². The van der Waals surface area contributed by atoms with Gasteiger partial charge in [0.05, 0.1) is 16.0 Å². The fraction of sp³-hybridized carbons (Fsp3) is 0.286. The molecule has 1 saturated heterocycles. The third kappa shape index (κ3) is 3.54. The third-order valence-electron chi connectivity index (χ3n) is 5.11. The van der Waals surface area contributed by atoms with Gasteiger partial charge in [-0.05, 0) is 43.2 Å². The molecule has 4 rings (SSSR count). The van der Waals surface area contributed by atoms with Gasteiger partial charge in [-0.1, -0.05) is 36.6 Å². The minimum absolute atomic E-state index is 0.256. The minimum Gasteiger partial charge on any atom is -0.370 e. The first kappa shape index (κ1) is 18.3. The number of fused-ring (bicyclic) bond motifs is 1. The highest BCUT2D eigenvalue weighted by molar-refractivity contribution is 7.91. The van der Waals surface area contributed by atoms with E-state index in [0.29, 0.717) is 9.92 Å². The maximum atomic E-state index is 13.4. The van der Waals surface area contributed by atoms with Crippen LogP contribution in [0.4, 0.5) is 5.69 Å². The van der Waals surface area contributed by atoms with E-state index in [1.165, 1.54) is 12.8 Å². The van der Waals surface area contributed by atoms with E-state index in [1.807, 2.05) is 24.3 Å². The predicted octanol–water partition coefficient (Wildman–Crippen LogP) is 4.52. The second-order valence-electron chi connectivity index (χ2n) is 6.91. The first-order valence-electron chi connectivity index (χ1n) is 9.26. The van der Waals surface area contributed by atoms with Gasteiger partial charge in [-0.2, -0.15) is 0 Å². The van der Waals surface area contributed by atoms with Gasteiger partial charge in [0, 0.05) is 24.2 Å². The molecule has 27 heavy (non-hydrogen) atoms. The molecular weight excluding hydrogens is 380 g/mol. The van der Waals surface area contributed by atoms with Crippen molar-refractivity contribution in [3.8, 4) is 0 Å². The lowest BCUT2D eigenvalue weighted by Gasteiger charge is -2.25. The highest BCUT2D eigenvalue weighted by atomic mass is 35.5. The van der Waals surface area contributed by atoms with Gasteiger partial charge in [0.1, 0.15) is 0 Å². The van der Waals surface area contributed by atoms with Crippen molar-refractivity contribution >= 4 is 38.0 Å². The number of hydrogen-bond donors (Lipinski definition) is 0. The summed E-state index contributed by atoms with van der Waals surface area (Å²) in [5.41, 5.74) is 1.74. The van der Waals surface area contributed by atoms with E-state index >= 15 is 0 Å². The summed E-state index contributed by atoms with van der Waals surface area (Å²) in [5, 5.41) is 1.46. The van der Waals surface area contributed by atoms with Gasteiger partial charge in [-0.15, -0.1) is 0 Å². The molecule has 140 valence electrons. The normalized spacial score (nSPS) is 15.7. The van der Waals surface area contributed by atoms with E-state index in [4.69, 9.17) is 11.6 Å². The van der Waals surface area contributed by atoms with Crippen LogP contribution in [0.5, 0.6) is 0 Å². The molecule has 2 aromatic carbocycles. The van der Waals surface area contributed by atoms with Gasteiger partial charge < -0.3 is 4.90 Å². The predicted molar refractivity (Wildman–Crippen MR) is 108 cm³/mol. The Kier molecular flexibility index (Phi) is 5.06. The Hall–Kier alpha value is -2.11. The number of aromatic nitrogens is 1. The van der Waals surface area contributed by atoms with Crippen LogP contribution in [0.25, 0.3) is 10.9 Å². The fourth-order valence-corrected chi connectivity index (χ4v) is 5.31. The molecule has 0 bridgehead atoms. The third-order valence-corrected chi connectivity index (χ3v) is 7.15. The van der Waals surface area contributed by atoms with Crippen molar-refractivity contribution in [3.05, 3.63) is 59.8 Å². The number of aromatic amines is 1. The second-order valence-corrected chi connectivity index (χ2v) is 9.26. The summed E-state index contributed by atoms with van der Waals surface area (Å²) in [6, 6.07) is 14.3. The molecule has 3 aromatic rings. The average molecular weight is 402 g/mol. The van der Waals surface area contributed by atoms with Crippen LogP contribution in [-0.2, 0) is 9.84 Å². The maximum Gasteiger partial charge on any atom is 0.214 e. The lowest BCUT2D eigenvalue weighted by Crippen LogP contribution is -2.27. The quantitative estimate of drug-likeness (QED) is 0.648. The van der Waals surface area contributed by atoms with Crippen molar-refractivity contribution in [3.63, 3.8) is 0 Å². The minimum atomic E-state index is -3.67. The summed E-state index contributed by atoms with van der Waals surface area (Å²) in [7, 11) is -3.67. The van der Waals surface area contributed by atoms with E-state index in [9.17, 15) is 8.42 Å². The Labute approximate surface area is 164 Å². The molecule has 2 heterocycles. The van der Waals surface area contributed by atoms with E-state index < -0.39 is 9.84 Å². The molecule has 0 atom stereocenters. The van der Waals surface area contributed by atoms with Gasteiger partial charge in [-0.3, -0.25) is 0 Å². The Bertz CT molecular complexity index is 1060. The Morgan fingerprint density at radius 3 is 2.26 bits per heavy atom. The lowest BCUT2D eigenvalue weighted by molar-refractivity contribution is -0.347. The lowest BCUT2D eigenvalue weighted by atomic mass is 10.1. The zero-order valence-corrected chi connectivity index (χ0v) is 16.6. The number of hydrogen-bond acceptors (Lipinski definition) is 3. The standard InChI is InChI=1S/C21H21ClN2O2S/c22-16-9-11-17(12-10-16)27(25,26)20-15-23-19-8-4-3-7-18(19)21(20)24-13-5-1-2-6-14-24/h3-4,7-12,15H,1-2,5-6,13-14H2/p+1. The monoisotopic (exact) mass is 401 g/mol. The number of anilines is 1.